The monoisotopic (exact) mass is 461 g/mol. The Hall–Kier alpha value is -4.01. The molecule has 176 valence electrons. The maximum atomic E-state index is 13.4. The molecule has 1 saturated heterocycles. The number of carbonyl (C=O) groups excluding carboxylic acids is 2. The second-order valence-corrected chi connectivity index (χ2v) is 8.68. The van der Waals surface area contributed by atoms with Crippen molar-refractivity contribution in [3.05, 3.63) is 91.8 Å². The van der Waals surface area contributed by atoms with Gasteiger partial charge in [-0.15, -0.1) is 0 Å². The minimum atomic E-state index is -0.764. The van der Waals surface area contributed by atoms with Crippen LogP contribution in [0.4, 0.5) is 0 Å². The maximum absolute atomic E-state index is 13.4. The third kappa shape index (κ3) is 4.54. The second-order valence-electron chi connectivity index (χ2n) is 8.68. The molecule has 9 heteroatoms. The number of likely N-dealkylation sites (tertiary alicyclic amines) is 1. The number of aryl methyl sites for hydroxylation is 2. The summed E-state index contributed by atoms with van der Waals surface area (Å²) in [5, 5.41) is 4.22. The summed E-state index contributed by atoms with van der Waals surface area (Å²) in [5.41, 5.74) is 6.87. The molecule has 1 aliphatic heterocycles. The molecule has 0 saturated carbocycles. The molecule has 2 aromatic carbocycles. The highest BCUT2D eigenvalue weighted by molar-refractivity contribution is 5.92. The van der Waals surface area contributed by atoms with Gasteiger partial charge in [-0.3, -0.25) is 19.0 Å². The van der Waals surface area contributed by atoms with Crippen LogP contribution in [0.15, 0.2) is 58.1 Å². The van der Waals surface area contributed by atoms with E-state index in [1.165, 1.54) is 4.90 Å². The van der Waals surface area contributed by atoms with Gasteiger partial charge in [0.15, 0.2) is 0 Å². The summed E-state index contributed by atoms with van der Waals surface area (Å²) in [5.74, 6) is -1.57. The van der Waals surface area contributed by atoms with Crippen LogP contribution >= 0.6 is 0 Å². The number of amides is 2. The fraction of sp³-hybridized carbons (Fsp3) is 0.320. The molecular formula is C25H27N5O4. The van der Waals surface area contributed by atoms with E-state index in [-0.39, 0.29) is 18.8 Å². The molecule has 0 radical (unpaired) electrons. The van der Waals surface area contributed by atoms with Crippen LogP contribution in [0.1, 0.15) is 40.0 Å². The minimum Gasteiger partial charge on any atom is -0.369 e. The molecule has 0 spiro atoms. The first kappa shape index (κ1) is 23.2. The smallest absolute Gasteiger partial charge is 0.352 e. The van der Waals surface area contributed by atoms with Gasteiger partial charge in [-0.05, 0) is 55.5 Å². The van der Waals surface area contributed by atoms with Crippen LogP contribution in [-0.2, 0) is 11.3 Å². The van der Waals surface area contributed by atoms with E-state index in [0.29, 0.717) is 25.1 Å². The van der Waals surface area contributed by atoms with Crippen molar-refractivity contribution in [3.8, 4) is 5.69 Å². The van der Waals surface area contributed by atoms with Crippen LogP contribution < -0.4 is 17.0 Å². The van der Waals surface area contributed by atoms with E-state index in [9.17, 15) is 19.2 Å². The Bertz CT molecular complexity index is 1360. The SMILES string of the molecule is Cc1ccc(-n2nc(C(=O)N3CCCC(C(N)=O)C3)c(=O)n(Cc3ccccc3)c2=O)cc1C. The van der Waals surface area contributed by atoms with E-state index in [4.69, 9.17) is 5.73 Å². The van der Waals surface area contributed by atoms with Crippen molar-refractivity contribution in [2.75, 3.05) is 13.1 Å². The molecule has 2 amide bonds. The number of aromatic nitrogens is 3. The highest BCUT2D eigenvalue weighted by atomic mass is 16.2. The summed E-state index contributed by atoms with van der Waals surface area (Å²) >= 11 is 0. The Morgan fingerprint density at radius 2 is 1.79 bits per heavy atom. The number of nitrogens with zero attached hydrogens (tertiary/aromatic N) is 4. The van der Waals surface area contributed by atoms with Crippen molar-refractivity contribution in [3.63, 3.8) is 0 Å². The van der Waals surface area contributed by atoms with Crippen LogP contribution in [0.2, 0.25) is 0 Å². The number of rotatable bonds is 5. The van der Waals surface area contributed by atoms with Crippen molar-refractivity contribution < 1.29 is 9.59 Å². The molecule has 3 aromatic rings. The van der Waals surface area contributed by atoms with E-state index in [1.54, 1.807) is 24.3 Å². The first-order valence-corrected chi connectivity index (χ1v) is 11.2. The summed E-state index contributed by atoms with van der Waals surface area (Å²) in [4.78, 5) is 53.2. The number of carbonyl (C=O) groups is 2. The van der Waals surface area contributed by atoms with Crippen molar-refractivity contribution in [2.24, 2.45) is 11.7 Å². The zero-order chi connectivity index (χ0) is 24.4. The molecular weight excluding hydrogens is 434 g/mol. The first-order valence-electron chi connectivity index (χ1n) is 11.2. The lowest BCUT2D eigenvalue weighted by atomic mass is 9.97. The van der Waals surface area contributed by atoms with Gasteiger partial charge >= 0.3 is 5.69 Å². The van der Waals surface area contributed by atoms with Gasteiger partial charge in [0.1, 0.15) is 0 Å². The fourth-order valence-corrected chi connectivity index (χ4v) is 4.12. The largest absolute Gasteiger partial charge is 0.369 e. The summed E-state index contributed by atoms with van der Waals surface area (Å²) in [6.45, 7) is 4.36. The quantitative estimate of drug-likeness (QED) is 0.616. The standard InChI is InChI=1S/C25H27N5O4/c1-16-10-11-20(13-17(16)2)30-25(34)29(14-18-7-4-3-5-8-18)24(33)21(27-30)23(32)28-12-6-9-19(15-28)22(26)31/h3-5,7-8,10-11,13,19H,6,9,12,14-15H2,1-2H3,(H2,26,31). The van der Waals surface area contributed by atoms with E-state index < -0.39 is 29.0 Å². The van der Waals surface area contributed by atoms with E-state index >= 15 is 0 Å². The highest BCUT2D eigenvalue weighted by Gasteiger charge is 2.31. The van der Waals surface area contributed by atoms with Gasteiger partial charge in [-0.2, -0.15) is 9.78 Å². The topological polar surface area (TPSA) is 120 Å². The van der Waals surface area contributed by atoms with E-state index in [2.05, 4.69) is 5.10 Å². The molecule has 0 aliphatic carbocycles. The van der Waals surface area contributed by atoms with Gasteiger partial charge in [0.05, 0.1) is 18.2 Å². The Morgan fingerprint density at radius 1 is 1.06 bits per heavy atom. The highest BCUT2D eigenvalue weighted by Crippen LogP contribution is 2.17. The molecule has 1 fully saturated rings. The molecule has 1 atom stereocenters. The summed E-state index contributed by atoms with van der Waals surface area (Å²) in [6, 6.07) is 14.4. The number of benzene rings is 2. The lowest BCUT2D eigenvalue weighted by molar-refractivity contribution is -0.123. The Morgan fingerprint density at radius 3 is 2.47 bits per heavy atom. The van der Waals surface area contributed by atoms with Crippen LogP contribution in [0, 0.1) is 19.8 Å². The third-order valence-electron chi connectivity index (χ3n) is 6.29. The summed E-state index contributed by atoms with van der Waals surface area (Å²) in [6.07, 6.45) is 1.18. The predicted octanol–water partition coefficient (Wildman–Crippen LogP) is 1.40. The summed E-state index contributed by atoms with van der Waals surface area (Å²) < 4.78 is 2.12. The van der Waals surface area contributed by atoms with Crippen molar-refractivity contribution in [1.29, 1.82) is 0 Å². The average Bonchev–Trinajstić information content (AvgIpc) is 2.84. The zero-order valence-corrected chi connectivity index (χ0v) is 19.2. The third-order valence-corrected chi connectivity index (χ3v) is 6.29. The van der Waals surface area contributed by atoms with Crippen LogP contribution in [-0.4, -0.2) is 44.2 Å². The Labute approximate surface area is 196 Å². The van der Waals surface area contributed by atoms with Crippen LogP contribution in [0.3, 0.4) is 0 Å². The lowest BCUT2D eigenvalue weighted by Crippen LogP contribution is -2.49. The first-order chi connectivity index (χ1) is 16.3. The molecule has 0 bridgehead atoms. The average molecular weight is 462 g/mol. The van der Waals surface area contributed by atoms with Gasteiger partial charge in [0.25, 0.3) is 11.5 Å². The molecule has 34 heavy (non-hydrogen) atoms. The number of primary amides is 1. The van der Waals surface area contributed by atoms with Gasteiger partial charge in [0, 0.05) is 13.1 Å². The van der Waals surface area contributed by atoms with Gasteiger partial charge in [-0.1, -0.05) is 36.4 Å². The van der Waals surface area contributed by atoms with Crippen molar-refractivity contribution >= 4 is 11.8 Å². The second kappa shape index (κ2) is 9.46. The molecule has 1 unspecified atom stereocenters. The Kier molecular flexibility index (Phi) is 6.45. The number of hydrogen-bond donors (Lipinski definition) is 1. The number of hydrogen-bond acceptors (Lipinski definition) is 5. The number of piperidine rings is 1. The molecule has 4 rings (SSSR count). The molecule has 1 aliphatic rings. The minimum absolute atomic E-state index is 0.00391. The maximum Gasteiger partial charge on any atom is 0.352 e. The van der Waals surface area contributed by atoms with Crippen molar-refractivity contribution in [1.82, 2.24) is 19.2 Å². The number of nitrogens with two attached hydrogens (primary N) is 1. The van der Waals surface area contributed by atoms with Crippen molar-refractivity contribution in [2.45, 2.75) is 33.2 Å². The van der Waals surface area contributed by atoms with E-state index in [0.717, 1.165) is 25.9 Å². The zero-order valence-electron chi connectivity index (χ0n) is 19.2. The molecule has 2 N–H and O–H groups in total. The summed E-state index contributed by atoms with van der Waals surface area (Å²) in [7, 11) is 0. The Balaban J connectivity index is 1.85. The molecule has 9 nitrogen and oxygen atoms in total. The predicted molar refractivity (Wildman–Crippen MR) is 127 cm³/mol. The van der Waals surface area contributed by atoms with Gasteiger partial charge < -0.3 is 10.6 Å². The molecule has 2 heterocycles. The van der Waals surface area contributed by atoms with Gasteiger partial charge in [-0.25, -0.2) is 4.79 Å². The lowest BCUT2D eigenvalue weighted by Gasteiger charge is -2.30. The molecule has 1 aromatic heterocycles. The normalized spacial score (nSPS) is 15.8. The van der Waals surface area contributed by atoms with Crippen LogP contribution in [0.25, 0.3) is 5.69 Å². The van der Waals surface area contributed by atoms with Gasteiger partial charge in [0.2, 0.25) is 11.6 Å². The fourth-order valence-electron chi connectivity index (χ4n) is 4.12. The van der Waals surface area contributed by atoms with Crippen LogP contribution in [0.5, 0.6) is 0 Å². The van der Waals surface area contributed by atoms with E-state index in [1.807, 2.05) is 38.1 Å².